The van der Waals surface area contributed by atoms with Gasteiger partial charge in [-0.3, -0.25) is 4.98 Å². The normalized spacial score (nSPS) is 10.7. The van der Waals surface area contributed by atoms with Gasteiger partial charge in [-0.2, -0.15) is 0 Å². The summed E-state index contributed by atoms with van der Waals surface area (Å²) in [6.45, 7) is 2.13. The fraction of sp³-hybridized carbons (Fsp3) is 0.125. The zero-order chi connectivity index (χ0) is 13.9. The number of thiazole rings is 1. The Labute approximate surface area is 130 Å². The van der Waals surface area contributed by atoms with Gasteiger partial charge in [0, 0.05) is 33.7 Å². The highest BCUT2D eigenvalue weighted by Crippen LogP contribution is 2.33. The molecule has 1 aromatic carbocycles. The molecule has 0 aliphatic rings. The molecule has 3 rings (SSSR count). The molecule has 2 heterocycles. The second-order valence-corrected chi connectivity index (χ2v) is 6.67. The van der Waals surface area contributed by atoms with Crippen molar-refractivity contribution in [2.75, 3.05) is 0 Å². The monoisotopic (exact) mass is 344 g/mol. The zero-order valence-corrected chi connectivity index (χ0v) is 13.4. The molecule has 0 aliphatic heterocycles. The Morgan fingerprint density at radius 1 is 1.10 bits per heavy atom. The van der Waals surface area contributed by atoms with E-state index in [1.807, 2.05) is 36.7 Å². The molecule has 0 aliphatic carbocycles. The molecule has 0 bridgehead atoms. The number of nitrogens with zero attached hydrogens (tertiary/aromatic N) is 2. The number of benzene rings is 1. The van der Waals surface area contributed by atoms with E-state index in [4.69, 9.17) is 4.98 Å². The van der Waals surface area contributed by atoms with Crippen molar-refractivity contribution >= 4 is 27.3 Å². The van der Waals surface area contributed by atoms with E-state index in [1.165, 1.54) is 10.4 Å². The van der Waals surface area contributed by atoms with E-state index in [0.29, 0.717) is 0 Å². The van der Waals surface area contributed by atoms with E-state index >= 15 is 0 Å². The third kappa shape index (κ3) is 2.81. The molecule has 0 radical (unpaired) electrons. The smallest absolute Gasteiger partial charge is 0.0979 e. The fourth-order valence-corrected chi connectivity index (χ4v) is 3.56. The third-order valence-electron chi connectivity index (χ3n) is 3.07. The van der Waals surface area contributed by atoms with Crippen molar-refractivity contribution in [2.24, 2.45) is 0 Å². The van der Waals surface area contributed by atoms with Gasteiger partial charge in [0.05, 0.1) is 10.7 Å². The van der Waals surface area contributed by atoms with E-state index < -0.39 is 0 Å². The molecular formula is C16H13BrN2S. The number of aromatic nitrogens is 2. The van der Waals surface area contributed by atoms with Crippen LogP contribution < -0.4 is 0 Å². The van der Waals surface area contributed by atoms with Crippen molar-refractivity contribution in [3.63, 3.8) is 0 Å². The second kappa shape index (κ2) is 5.85. The van der Waals surface area contributed by atoms with Crippen LogP contribution in [0.3, 0.4) is 0 Å². The second-order valence-electron chi connectivity index (χ2n) is 4.52. The first-order chi connectivity index (χ1) is 9.74. The minimum Gasteiger partial charge on any atom is -0.265 e. The summed E-state index contributed by atoms with van der Waals surface area (Å²) in [6, 6.07) is 12.3. The first-order valence-corrected chi connectivity index (χ1v) is 7.95. The molecule has 0 atom stereocenters. The molecule has 3 aromatic rings. The highest BCUT2D eigenvalue weighted by Gasteiger charge is 2.12. The lowest BCUT2D eigenvalue weighted by molar-refractivity contribution is 1.12. The van der Waals surface area contributed by atoms with Crippen LogP contribution in [0.2, 0.25) is 0 Å². The van der Waals surface area contributed by atoms with Crippen molar-refractivity contribution in [3.05, 3.63) is 68.7 Å². The van der Waals surface area contributed by atoms with Crippen LogP contribution in [-0.4, -0.2) is 9.97 Å². The van der Waals surface area contributed by atoms with Crippen LogP contribution in [0.4, 0.5) is 0 Å². The largest absolute Gasteiger partial charge is 0.265 e. The van der Waals surface area contributed by atoms with E-state index in [0.717, 1.165) is 27.2 Å². The molecule has 0 saturated carbocycles. The molecule has 0 N–H and O–H groups in total. The molecule has 20 heavy (non-hydrogen) atoms. The first kappa shape index (κ1) is 13.5. The van der Waals surface area contributed by atoms with Crippen LogP contribution in [0.5, 0.6) is 0 Å². The number of halogens is 1. The van der Waals surface area contributed by atoms with Gasteiger partial charge in [-0.25, -0.2) is 4.98 Å². The van der Waals surface area contributed by atoms with Crippen molar-refractivity contribution in [3.8, 4) is 11.3 Å². The van der Waals surface area contributed by atoms with Crippen LogP contribution in [0.1, 0.15) is 15.4 Å². The standard InChI is InChI=1S/C16H13BrN2S/c1-11-16(13-4-2-3-5-14(13)17)19-15(20-11)10-12-6-8-18-9-7-12/h2-9H,10H2,1H3. The molecule has 0 spiro atoms. The van der Waals surface area contributed by atoms with Gasteiger partial charge in [0.15, 0.2) is 0 Å². The van der Waals surface area contributed by atoms with Crippen molar-refractivity contribution in [1.82, 2.24) is 9.97 Å². The Kier molecular flexibility index (Phi) is 3.94. The number of rotatable bonds is 3. The Balaban J connectivity index is 1.94. The maximum Gasteiger partial charge on any atom is 0.0979 e. The van der Waals surface area contributed by atoms with Crippen molar-refractivity contribution < 1.29 is 0 Å². The van der Waals surface area contributed by atoms with E-state index in [-0.39, 0.29) is 0 Å². The Morgan fingerprint density at radius 2 is 1.85 bits per heavy atom. The Morgan fingerprint density at radius 3 is 2.60 bits per heavy atom. The SMILES string of the molecule is Cc1sc(Cc2ccncc2)nc1-c1ccccc1Br. The number of hydrogen-bond acceptors (Lipinski definition) is 3. The molecule has 0 unspecified atom stereocenters. The summed E-state index contributed by atoms with van der Waals surface area (Å²) in [4.78, 5) is 10.1. The lowest BCUT2D eigenvalue weighted by Gasteiger charge is -2.01. The predicted molar refractivity (Wildman–Crippen MR) is 87.0 cm³/mol. The minimum atomic E-state index is 0.860. The summed E-state index contributed by atoms with van der Waals surface area (Å²) in [5, 5.41) is 1.14. The van der Waals surface area contributed by atoms with Gasteiger partial charge in [-0.15, -0.1) is 11.3 Å². The molecule has 0 fully saturated rings. The summed E-state index contributed by atoms with van der Waals surface area (Å²) >= 11 is 5.36. The van der Waals surface area contributed by atoms with Gasteiger partial charge in [0.1, 0.15) is 0 Å². The first-order valence-electron chi connectivity index (χ1n) is 6.34. The molecule has 100 valence electrons. The highest BCUT2D eigenvalue weighted by molar-refractivity contribution is 9.10. The molecule has 0 saturated heterocycles. The maximum atomic E-state index is 4.80. The average molecular weight is 345 g/mol. The van der Waals surface area contributed by atoms with Gasteiger partial charge < -0.3 is 0 Å². The van der Waals surface area contributed by atoms with Gasteiger partial charge in [-0.1, -0.05) is 34.1 Å². The number of hydrogen-bond donors (Lipinski definition) is 0. The van der Waals surface area contributed by atoms with E-state index in [1.54, 1.807) is 11.3 Å². The molecule has 2 nitrogen and oxygen atoms in total. The molecule has 4 heteroatoms. The number of pyridine rings is 1. The minimum absolute atomic E-state index is 0.860. The predicted octanol–water partition coefficient (Wildman–Crippen LogP) is 4.87. The fourth-order valence-electron chi connectivity index (χ4n) is 2.11. The zero-order valence-electron chi connectivity index (χ0n) is 11.0. The lowest BCUT2D eigenvalue weighted by atomic mass is 10.1. The van der Waals surface area contributed by atoms with Gasteiger partial charge in [0.2, 0.25) is 0 Å². The summed E-state index contributed by atoms with van der Waals surface area (Å²) in [5.74, 6) is 0. The van der Waals surface area contributed by atoms with E-state index in [2.05, 4.69) is 40.0 Å². The van der Waals surface area contributed by atoms with Crippen LogP contribution >= 0.6 is 27.3 Å². The summed E-state index contributed by atoms with van der Waals surface area (Å²) in [6.07, 6.45) is 4.51. The van der Waals surface area contributed by atoms with Crippen LogP contribution in [0.25, 0.3) is 11.3 Å². The molecule has 0 amide bonds. The summed E-state index contributed by atoms with van der Waals surface area (Å²) in [5.41, 5.74) is 3.47. The van der Waals surface area contributed by atoms with Crippen molar-refractivity contribution in [1.29, 1.82) is 0 Å². The Hall–Kier alpha value is -1.52. The number of aryl methyl sites for hydroxylation is 1. The highest BCUT2D eigenvalue weighted by atomic mass is 79.9. The third-order valence-corrected chi connectivity index (χ3v) is 4.74. The molecule has 2 aromatic heterocycles. The maximum absolute atomic E-state index is 4.80. The summed E-state index contributed by atoms with van der Waals surface area (Å²) in [7, 11) is 0. The average Bonchev–Trinajstić information content (AvgIpc) is 2.81. The van der Waals surface area contributed by atoms with Crippen molar-refractivity contribution in [2.45, 2.75) is 13.3 Å². The van der Waals surface area contributed by atoms with E-state index in [9.17, 15) is 0 Å². The topological polar surface area (TPSA) is 25.8 Å². The quantitative estimate of drug-likeness (QED) is 0.677. The van der Waals surface area contributed by atoms with Crippen LogP contribution in [-0.2, 0) is 6.42 Å². The van der Waals surface area contributed by atoms with Gasteiger partial charge in [-0.05, 0) is 30.7 Å². The molecular weight excluding hydrogens is 332 g/mol. The Bertz CT molecular complexity index is 722. The van der Waals surface area contributed by atoms with Gasteiger partial charge >= 0.3 is 0 Å². The van der Waals surface area contributed by atoms with Crippen LogP contribution in [0, 0.1) is 6.92 Å². The van der Waals surface area contributed by atoms with Crippen LogP contribution in [0.15, 0.2) is 53.3 Å². The lowest BCUT2D eigenvalue weighted by Crippen LogP contribution is -1.88. The summed E-state index contributed by atoms with van der Waals surface area (Å²) < 4.78 is 1.09. The van der Waals surface area contributed by atoms with Gasteiger partial charge in [0.25, 0.3) is 0 Å².